The molecule has 1 unspecified atom stereocenters. The molecule has 1 atom stereocenters. The van der Waals surface area contributed by atoms with Gasteiger partial charge in [-0.3, -0.25) is 13.9 Å². The number of rotatable bonds is 14. The van der Waals surface area contributed by atoms with Crippen molar-refractivity contribution in [3.63, 3.8) is 0 Å². The number of hydrogen-bond acceptors (Lipinski definition) is 6. The van der Waals surface area contributed by atoms with E-state index in [0.717, 1.165) is 26.6 Å². The van der Waals surface area contributed by atoms with Gasteiger partial charge in [-0.1, -0.05) is 72.3 Å². The van der Waals surface area contributed by atoms with E-state index in [1.165, 1.54) is 37.3 Å². The van der Waals surface area contributed by atoms with Gasteiger partial charge in [-0.2, -0.15) is 0 Å². The molecule has 0 fully saturated rings. The van der Waals surface area contributed by atoms with Gasteiger partial charge in [0.15, 0.2) is 11.5 Å². The average molecular weight is 644 g/mol. The van der Waals surface area contributed by atoms with Crippen LogP contribution in [0.3, 0.4) is 0 Å². The van der Waals surface area contributed by atoms with Gasteiger partial charge in [0, 0.05) is 25.6 Å². The number of sulfonamides is 1. The maximum absolute atomic E-state index is 14.5. The van der Waals surface area contributed by atoms with Gasteiger partial charge >= 0.3 is 0 Å². The summed E-state index contributed by atoms with van der Waals surface area (Å²) in [6.45, 7) is 5.59. The smallest absolute Gasteiger partial charge is 0.264 e. The standard InChI is InChI=1S/C36H41N3O6S/c1-6-37-36(41)32(22-28-13-8-7-9-14-28)38(24-29-15-11-10-12-27(29)3)35(40)25-39(30-18-16-26(2)17-19-30)46(42,43)31-20-21-33(44-4)34(23-31)45-5/h7-21,23,32H,6,22,24-25H2,1-5H3,(H,37,41). The number of nitrogens with zero attached hydrogens (tertiary/aromatic N) is 2. The fraction of sp³-hybridized carbons (Fsp3) is 0.278. The van der Waals surface area contributed by atoms with Crippen LogP contribution in [-0.4, -0.2) is 58.5 Å². The first-order chi connectivity index (χ1) is 22.1. The van der Waals surface area contributed by atoms with Crippen molar-refractivity contribution in [2.24, 2.45) is 0 Å². The van der Waals surface area contributed by atoms with E-state index in [-0.39, 0.29) is 29.5 Å². The Morgan fingerprint density at radius 1 is 0.826 bits per heavy atom. The van der Waals surface area contributed by atoms with Crippen LogP contribution in [-0.2, 0) is 32.6 Å². The molecule has 46 heavy (non-hydrogen) atoms. The second-order valence-corrected chi connectivity index (χ2v) is 12.8. The van der Waals surface area contributed by atoms with Crippen molar-refractivity contribution in [2.45, 2.75) is 44.7 Å². The summed E-state index contributed by atoms with van der Waals surface area (Å²) in [5, 5.41) is 2.88. The predicted octanol–water partition coefficient (Wildman–Crippen LogP) is 5.29. The molecule has 0 aliphatic rings. The molecule has 0 aliphatic heterocycles. The summed E-state index contributed by atoms with van der Waals surface area (Å²) in [5.74, 6) is -0.244. The SMILES string of the molecule is CCNC(=O)C(Cc1ccccc1)N(Cc1ccccc1C)C(=O)CN(c1ccc(C)cc1)S(=O)(=O)c1ccc(OC)c(OC)c1. The Morgan fingerprint density at radius 3 is 2.11 bits per heavy atom. The average Bonchev–Trinajstić information content (AvgIpc) is 3.06. The lowest BCUT2D eigenvalue weighted by Crippen LogP contribution is -2.53. The van der Waals surface area contributed by atoms with Crippen molar-refractivity contribution in [3.8, 4) is 11.5 Å². The van der Waals surface area contributed by atoms with Crippen LogP contribution < -0.4 is 19.1 Å². The zero-order chi connectivity index (χ0) is 33.3. The highest BCUT2D eigenvalue weighted by atomic mass is 32.2. The van der Waals surface area contributed by atoms with Crippen molar-refractivity contribution in [3.05, 3.63) is 119 Å². The minimum Gasteiger partial charge on any atom is -0.493 e. The molecule has 0 saturated heterocycles. The lowest BCUT2D eigenvalue weighted by Gasteiger charge is -2.34. The number of methoxy groups -OCH3 is 2. The predicted molar refractivity (Wildman–Crippen MR) is 180 cm³/mol. The summed E-state index contributed by atoms with van der Waals surface area (Å²) in [4.78, 5) is 29.6. The molecule has 10 heteroatoms. The zero-order valence-electron chi connectivity index (χ0n) is 26.9. The molecular weight excluding hydrogens is 602 g/mol. The van der Waals surface area contributed by atoms with Crippen LogP contribution >= 0.6 is 0 Å². The van der Waals surface area contributed by atoms with E-state index in [4.69, 9.17) is 9.47 Å². The molecule has 0 aromatic heterocycles. The van der Waals surface area contributed by atoms with Crippen molar-refractivity contribution in [1.29, 1.82) is 0 Å². The Bertz CT molecular complexity index is 1740. The molecule has 4 aromatic rings. The van der Waals surface area contributed by atoms with E-state index in [9.17, 15) is 18.0 Å². The fourth-order valence-electron chi connectivity index (χ4n) is 5.16. The van der Waals surface area contributed by atoms with E-state index in [1.807, 2.05) is 75.4 Å². The molecular formula is C36H41N3O6S. The van der Waals surface area contributed by atoms with Crippen molar-refractivity contribution >= 4 is 27.5 Å². The normalized spacial score (nSPS) is 11.8. The summed E-state index contributed by atoms with van der Waals surface area (Å²) in [6.07, 6.45) is 0.247. The molecule has 2 amide bonds. The summed E-state index contributed by atoms with van der Waals surface area (Å²) in [7, 11) is -1.41. The van der Waals surface area contributed by atoms with Gasteiger partial charge in [-0.15, -0.1) is 0 Å². The number of hydrogen-bond donors (Lipinski definition) is 1. The zero-order valence-corrected chi connectivity index (χ0v) is 27.7. The second-order valence-electron chi connectivity index (χ2n) is 10.9. The number of carbonyl (C=O) groups is 2. The Balaban J connectivity index is 1.82. The maximum Gasteiger partial charge on any atom is 0.264 e. The number of amides is 2. The monoisotopic (exact) mass is 643 g/mol. The van der Waals surface area contributed by atoms with Gasteiger partial charge in [0.2, 0.25) is 11.8 Å². The van der Waals surface area contributed by atoms with Crippen LogP contribution in [0.25, 0.3) is 0 Å². The van der Waals surface area contributed by atoms with Crippen LogP contribution in [0.4, 0.5) is 5.69 Å². The number of benzene rings is 4. The van der Waals surface area contributed by atoms with Gasteiger partial charge in [0.25, 0.3) is 10.0 Å². The highest BCUT2D eigenvalue weighted by Gasteiger charge is 2.35. The molecule has 0 saturated carbocycles. The maximum atomic E-state index is 14.5. The summed E-state index contributed by atoms with van der Waals surface area (Å²) in [6, 6.07) is 27.4. The van der Waals surface area contributed by atoms with E-state index < -0.39 is 28.5 Å². The number of likely N-dealkylation sites (N-methyl/N-ethyl adjacent to an activating group) is 1. The van der Waals surface area contributed by atoms with E-state index in [0.29, 0.717) is 18.0 Å². The molecule has 0 heterocycles. The van der Waals surface area contributed by atoms with Gasteiger partial charge in [-0.05, 0) is 61.7 Å². The third-order valence-corrected chi connectivity index (χ3v) is 9.54. The molecule has 4 aromatic carbocycles. The number of anilines is 1. The van der Waals surface area contributed by atoms with Crippen molar-refractivity contribution in [1.82, 2.24) is 10.2 Å². The first-order valence-corrected chi connectivity index (χ1v) is 16.5. The third kappa shape index (κ3) is 8.06. The molecule has 1 N–H and O–H groups in total. The van der Waals surface area contributed by atoms with Crippen molar-refractivity contribution in [2.75, 3.05) is 31.6 Å². The summed E-state index contributed by atoms with van der Waals surface area (Å²) >= 11 is 0. The first kappa shape index (κ1) is 34.1. The number of carbonyl (C=O) groups excluding carboxylic acids is 2. The highest BCUT2D eigenvalue weighted by Crippen LogP contribution is 2.32. The Labute approximate surface area is 271 Å². The number of ether oxygens (including phenoxy) is 2. The lowest BCUT2D eigenvalue weighted by atomic mass is 10.0. The fourth-order valence-corrected chi connectivity index (χ4v) is 6.59. The van der Waals surface area contributed by atoms with Crippen LogP contribution in [0.5, 0.6) is 11.5 Å². The minimum atomic E-state index is -4.30. The molecule has 0 spiro atoms. The van der Waals surface area contributed by atoms with Gasteiger partial charge in [0.05, 0.1) is 24.8 Å². The number of nitrogens with one attached hydrogen (secondary N) is 1. The van der Waals surface area contributed by atoms with E-state index in [2.05, 4.69) is 5.32 Å². The third-order valence-electron chi connectivity index (χ3n) is 7.77. The van der Waals surface area contributed by atoms with Crippen LogP contribution in [0.15, 0.2) is 102 Å². The largest absolute Gasteiger partial charge is 0.493 e. The molecule has 4 rings (SSSR count). The topological polar surface area (TPSA) is 105 Å². The lowest BCUT2D eigenvalue weighted by molar-refractivity contribution is -0.140. The molecule has 0 aliphatic carbocycles. The van der Waals surface area contributed by atoms with Gasteiger partial charge in [-0.25, -0.2) is 8.42 Å². The Hall–Kier alpha value is -4.83. The van der Waals surface area contributed by atoms with Gasteiger partial charge in [0.1, 0.15) is 12.6 Å². The van der Waals surface area contributed by atoms with Crippen molar-refractivity contribution < 1.29 is 27.5 Å². The Morgan fingerprint density at radius 2 is 1.48 bits per heavy atom. The second kappa shape index (κ2) is 15.4. The van der Waals surface area contributed by atoms with Gasteiger partial charge < -0.3 is 19.7 Å². The van der Waals surface area contributed by atoms with E-state index in [1.54, 1.807) is 24.3 Å². The van der Waals surface area contributed by atoms with Crippen LogP contribution in [0.1, 0.15) is 29.2 Å². The Kier molecular flexibility index (Phi) is 11.4. The van der Waals surface area contributed by atoms with Crippen LogP contribution in [0, 0.1) is 13.8 Å². The molecule has 242 valence electrons. The quantitative estimate of drug-likeness (QED) is 0.200. The first-order valence-electron chi connectivity index (χ1n) is 15.1. The molecule has 0 bridgehead atoms. The van der Waals surface area contributed by atoms with Crippen LogP contribution in [0.2, 0.25) is 0 Å². The molecule has 0 radical (unpaired) electrons. The number of aryl methyl sites for hydroxylation is 2. The highest BCUT2D eigenvalue weighted by molar-refractivity contribution is 7.92. The summed E-state index contributed by atoms with van der Waals surface area (Å²) < 4.78 is 40.4. The molecule has 9 nitrogen and oxygen atoms in total. The summed E-state index contributed by atoms with van der Waals surface area (Å²) in [5.41, 5.74) is 3.90. The minimum absolute atomic E-state index is 0.0754. The van der Waals surface area contributed by atoms with E-state index >= 15 is 0 Å².